The van der Waals surface area contributed by atoms with Gasteiger partial charge in [-0.25, -0.2) is 4.79 Å². The molecule has 6 heteroatoms. The van der Waals surface area contributed by atoms with E-state index in [1.807, 2.05) is 34.6 Å². The van der Waals surface area contributed by atoms with E-state index in [9.17, 15) is 9.59 Å². The summed E-state index contributed by atoms with van der Waals surface area (Å²) in [6, 6.07) is -0.136. The lowest BCUT2D eigenvalue weighted by Crippen LogP contribution is -2.50. The van der Waals surface area contributed by atoms with Gasteiger partial charge in [0.05, 0.1) is 5.41 Å². The molecule has 0 spiro atoms. The van der Waals surface area contributed by atoms with Crippen molar-refractivity contribution in [1.82, 2.24) is 4.90 Å². The van der Waals surface area contributed by atoms with Crippen molar-refractivity contribution in [2.75, 3.05) is 19.2 Å². The summed E-state index contributed by atoms with van der Waals surface area (Å²) in [6.45, 7) is 10.7. The zero-order chi connectivity index (χ0) is 17.7. The molecule has 1 rings (SSSR count). The number of halogens is 1. The molecule has 1 saturated heterocycles. The summed E-state index contributed by atoms with van der Waals surface area (Å²) in [5.41, 5.74) is -1.11. The van der Waals surface area contributed by atoms with Gasteiger partial charge in [-0.1, -0.05) is 25.4 Å². The molecule has 0 bridgehead atoms. The van der Waals surface area contributed by atoms with Gasteiger partial charge in [0.1, 0.15) is 5.60 Å². The Labute approximate surface area is 144 Å². The van der Waals surface area contributed by atoms with Crippen molar-refractivity contribution in [2.24, 2.45) is 11.3 Å². The van der Waals surface area contributed by atoms with Gasteiger partial charge in [-0.2, -0.15) is 0 Å². The monoisotopic (exact) mass is 347 g/mol. The Morgan fingerprint density at radius 3 is 2.30 bits per heavy atom. The molecule has 1 aliphatic heterocycles. The van der Waals surface area contributed by atoms with Crippen LogP contribution < -0.4 is 0 Å². The Balaban J connectivity index is 2.89. The molecular formula is C17H30ClNO4. The summed E-state index contributed by atoms with van der Waals surface area (Å²) < 4.78 is 10.6. The predicted octanol–water partition coefficient (Wildman–Crippen LogP) is 4.18. The Kier molecular flexibility index (Phi) is 7.18. The number of alkyl halides is 1. The van der Waals surface area contributed by atoms with Crippen LogP contribution in [-0.2, 0) is 14.3 Å². The van der Waals surface area contributed by atoms with E-state index < -0.39 is 11.0 Å². The van der Waals surface area contributed by atoms with Crippen molar-refractivity contribution in [2.45, 2.75) is 65.9 Å². The third-order valence-electron chi connectivity index (χ3n) is 4.71. The number of rotatable bonds is 5. The average molecular weight is 348 g/mol. The van der Waals surface area contributed by atoms with Crippen molar-refractivity contribution in [3.8, 4) is 0 Å². The van der Waals surface area contributed by atoms with Crippen LogP contribution in [0, 0.1) is 11.3 Å². The quantitative estimate of drug-likeness (QED) is 0.553. The summed E-state index contributed by atoms with van der Waals surface area (Å²) in [5.74, 6) is -0.192. The number of carbonyl (C=O) groups is 2. The second-order valence-corrected chi connectivity index (χ2v) is 7.39. The maximum atomic E-state index is 12.5. The van der Waals surface area contributed by atoms with Gasteiger partial charge in [-0.05, 0) is 52.4 Å². The van der Waals surface area contributed by atoms with E-state index in [1.54, 1.807) is 4.90 Å². The third-order valence-corrected chi connectivity index (χ3v) is 4.82. The second-order valence-electron chi connectivity index (χ2n) is 7.17. The van der Waals surface area contributed by atoms with Gasteiger partial charge in [0, 0.05) is 13.1 Å². The van der Waals surface area contributed by atoms with Gasteiger partial charge in [-0.3, -0.25) is 4.79 Å². The lowest BCUT2D eigenvalue weighted by Gasteiger charge is -2.43. The Morgan fingerprint density at radius 1 is 1.22 bits per heavy atom. The van der Waals surface area contributed by atoms with Gasteiger partial charge in [-0.15, -0.1) is 0 Å². The zero-order valence-electron chi connectivity index (χ0n) is 15.0. The van der Waals surface area contributed by atoms with Crippen LogP contribution in [0.3, 0.4) is 0 Å². The third kappa shape index (κ3) is 5.00. The molecule has 0 aromatic heterocycles. The smallest absolute Gasteiger partial charge is 0.410 e. The van der Waals surface area contributed by atoms with Crippen LogP contribution in [0.1, 0.15) is 60.3 Å². The molecule has 0 aliphatic carbocycles. The molecule has 1 aliphatic rings. The van der Waals surface area contributed by atoms with E-state index >= 15 is 0 Å². The van der Waals surface area contributed by atoms with Crippen LogP contribution in [0.15, 0.2) is 0 Å². The maximum Gasteiger partial charge on any atom is 0.410 e. The molecular weight excluding hydrogens is 318 g/mol. The lowest BCUT2D eigenvalue weighted by atomic mass is 9.68. The number of nitrogens with zero attached hydrogens (tertiary/aromatic N) is 1. The molecule has 0 aromatic rings. The van der Waals surface area contributed by atoms with Crippen LogP contribution in [-0.4, -0.2) is 41.7 Å². The second kappa shape index (κ2) is 8.22. The first-order valence-electron chi connectivity index (χ1n) is 8.41. The number of piperidine rings is 1. The lowest BCUT2D eigenvalue weighted by molar-refractivity contribution is -0.160. The van der Waals surface area contributed by atoms with E-state index in [1.165, 1.54) is 0 Å². The van der Waals surface area contributed by atoms with E-state index in [2.05, 4.69) is 0 Å². The van der Waals surface area contributed by atoms with E-state index in [-0.39, 0.29) is 24.0 Å². The number of likely N-dealkylation sites (tertiary alicyclic amines) is 1. The fourth-order valence-electron chi connectivity index (χ4n) is 3.40. The van der Waals surface area contributed by atoms with Gasteiger partial charge in [0.25, 0.3) is 0 Å². The molecule has 1 amide bonds. The van der Waals surface area contributed by atoms with E-state index in [0.29, 0.717) is 25.9 Å². The Morgan fingerprint density at radius 2 is 1.83 bits per heavy atom. The highest BCUT2D eigenvalue weighted by Crippen LogP contribution is 2.41. The van der Waals surface area contributed by atoms with E-state index in [0.717, 1.165) is 12.8 Å². The molecule has 0 radical (unpaired) electrons. The van der Waals surface area contributed by atoms with Gasteiger partial charge in [0.15, 0.2) is 6.07 Å². The fraction of sp³-hybridized carbons (Fsp3) is 0.882. The minimum Gasteiger partial charge on any atom is -0.449 e. The fourth-order valence-corrected chi connectivity index (χ4v) is 3.50. The number of ether oxygens (including phenoxy) is 2. The normalized spacial score (nSPS) is 19.4. The number of esters is 1. The summed E-state index contributed by atoms with van der Waals surface area (Å²) in [7, 11) is 0. The molecule has 1 unspecified atom stereocenters. The largest absolute Gasteiger partial charge is 0.449 e. The van der Waals surface area contributed by atoms with Gasteiger partial charge < -0.3 is 14.4 Å². The molecule has 0 saturated carbocycles. The molecule has 134 valence electrons. The van der Waals surface area contributed by atoms with Crippen molar-refractivity contribution in [3.05, 3.63) is 0 Å². The SMILES string of the molecule is CCC(CC)(C(=O)OCCl)C1CCCN(C(=O)OC(C)(C)C)C1. The summed E-state index contributed by atoms with van der Waals surface area (Å²) in [4.78, 5) is 26.5. The molecule has 1 heterocycles. The Bertz CT molecular complexity index is 415. The number of hydrogen-bond donors (Lipinski definition) is 0. The number of hydrogen-bond acceptors (Lipinski definition) is 4. The van der Waals surface area contributed by atoms with Crippen LogP contribution in [0.4, 0.5) is 4.79 Å². The van der Waals surface area contributed by atoms with Crippen LogP contribution in [0.2, 0.25) is 0 Å². The molecule has 1 fully saturated rings. The minimum absolute atomic E-state index is 0.0643. The average Bonchev–Trinajstić information content (AvgIpc) is 2.48. The minimum atomic E-state index is -0.588. The predicted molar refractivity (Wildman–Crippen MR) is 90.4 cm³/mol. The van der Waals surface area contributed by atoms with Crippen LogP contribution in [0.25, 0.3) is 0 Å². The molecule has 23 heavy (non-hydrogen) atoms. The summed E-state index contributed by atoms with van der Waals surface area (Å²) in [6.07, 6.45) is 2.80. The highest BCUT2D eigenvalue weighted by Gasteiger charge is 2.46. The Hall–Kier alpha value is -0.970. The van der Waals surface area contributed by atoms with Crippen LogP contribution in [0.5, 0.6) is 0 Å². The number of carbonyl (C=O) groups excluding carboxylic acids is 2. The molecule has 0 N–H and O–H groups in total. The molecule has 0 aromatic carbocycles. The highest BCUT2D eigenvalue weighted by molar-refractivity contribution is 6.17. The maximum absolute atomic E-state index is 12.5. The van der Waals surface area contributed by atoms with Crippen molar-refractivity contribution >= 4 is 23.7 Å². The van der Waals surface area contributed by atoms with E-state index in [4.69, 9.17) is 21.1 Å². The highest BCUT2D eigenvalue weighted by atomic mass is 35.5. The molecule has 1 atom stereocenters. The molecule has 5 nitrogen and oxygen atoms in total. The zero-order valence-corrected chi connectivity index (χ0v) is 15.7. The first kappa shape index (κ1) is 20.1. The first-order chi connectivity index (χ1) is 10.7. The van der Waals surface area contributed by atoms with Gasteiger partial charge in [0.2, 0.25) is 0 Å². The number of amides is 1. The topological polar surface area (TPSA) is 55.8 Å². The van der Waals surface area contributed by atoms with Crippen molar-refractivity contribution < 1.29 is 19.1 Å². The van der Waals surface area contributed by atoms with Crippen LogP contribution >= 0.6 is 11.6 Å². The van der Waals surface area contributed by atoms with Crippen molar-refractivity contribution in [3.63, 3.8) is 0 Å². The standard InChI is InChI=1S/C17H30ClNO4/c1-6-17(7-2,14(20)22-12-18)13-9-8-10-19(11-13)15(21)23-16(3,4)5/h13H,6-12H2,1-5H3. The first-order valence-corrected chi connectivity index (χ1v) is 8.94. The van der Waals surface area contributed by atoms with Gasteiger partial charge >= 0.3 is 12.1 Å². The van der Waals surface area contributed by atoms with Crippen molar-refractivity contribution in [1.29, 1.82) is 0 Å². The summed E-state index contributed by atoms with van der Waals surface area (Å²) >= 11 is 5.58. The summed E-state index contributed by atoms with van der Waals surface area (Å²) in [5, 5.41) is 0.